The van der Waals surface area contributed by atoms with E-state index in [9.17, 15) is 4.79 Å². The number of anilines is 1. The molecule has 2 rings (SSSR count). The van der Waals surface area contributed by atoms with Crippen LogP contribution in [0.5, 0.6) is 0 Å². The predicted octanol–water partition coefficient (Wildman–Crippen LogP) is 2.65. The van der Waals surface area contributed by atoms with Gasteiger partial charge in [-0.1, -0.05) is 30.0 Å². The lowest BCUT2D eigenvalue weighted by atomic mass is 10.2. The molecule has 0 atom stereocenters. The van der Waals surface area contributed by atoms with E-state index in [1.165, 1.54) is 0 Å². The summed E-state index contributed by atoms with van der Waals surface area (Å²) in [6.45, 7) is 0. The Morgan fingerprint density at radius 1 is 0.824 bits per heavy atom. The Morgan fingerprint density at radius 3 is 2.00 bits per heavy atom. The first-order valence-electron chi connectivity index (χ1n) is 5.26. The Balaban J connectivity index is 2.14. The van der Waals surface area contributed by atoms with Crippen molar-refractivity contribution in [3.05, 3.63) is 65.7 Å². The van der Waals surface area contributed by atoms with E-state index in [0.29, 0.717) is 6.41 Å². The number of rotatable bonds is 2. The molecule has 0 saturated carbocycles. The topological polar surface area (TPSA) is 29.1 Å². The molecule has 0 aliphatic carbocycles. The quantitative estimate of drug-likeness (QED) is 0.613. The van der Waals surface area contributed by atoms with Crippen molar-refractivity contribution in [2.24, 2.45) is 0 Å². The average molecular weight is 221 g/mol. The summed E-state index contributed by atoms with van der Waals surface area (Å²) in [5.41, 5.74) is 2.68. The van der Waals surface area contributed by atoms with Crippen LogP contribution in [0.1, 0.15) is 11.1 Å². The van der Waals surface area contributed by atoms with E-state index in [2.05, 4.69) is 17.2 Å². The van der Waals surface area contributed by atoms with Gasteiger partial charge in [0.25, 0.3) is 0 Å². The van der Waals surface area contributed by atoms with Crippen molar-refractivity contribution in [2.45, 2.75) is 0 Å². The zero-order chi connectivity index (χ0) is 11.9. The molecule has 2 heteroatoms. The van der Waals surface area contributed by atoms with E-state index < -0.39 is 0 Å². The van der Waals surface area contributed by atoms with Crippen LogP contribution in [0, 0.1) is 11.8 Å². The van der Waals surface area contributed by atoms with Crippen LogP contribution < -0.4 is 5.32 Å². The smallest absolute Gasteiger partial charge is 0.211 e. The lowest BCUT2D eigenvalue weighted by molar-refractivity contribution is -0.105. The van der Waals surface area contributed by atoms with Gasteiger partial charge in [-0.05, 0) is 36.4 Å². The summed E-state index contributed by atoms with van der Waals surface area (Å²) in [7, 11) is 0. The molecule has 2 aromatic rings. The molecule has 0 saturated heterocycles. The van der Waals surface area contributed by atoms with Crippen molar-refractivity contribution in [2.75, 3.05) is 5.32 Å². The molecule has 2 aromatic carbocycles. The van der Waals surface area contributed by atoms with Crippen LogP contribution in [0.15, 0.2) is 54.6 Å². The van der Waals surface area contributed by atoms with Crippen molar-refractivity contribution in [1.82, 2.24) is 0 Å². The molecule has 1 amide bonds. The Kier molecular flexibility index (Phi) is 3.57. The van der Waals surface area contributed by atoms with E-state index in [4.69, 9.17) is 0 Å². The molecule has 0 aliphatic heterocycles. The number of hydrogen-bond donors (Lipinski definition) is 1. The van der Waals surface area contributed by atoms with Crippen LogP contribution in [0.2, 0.25) is 0 Å². The van der Waals surface area contributed by atoms with Crippen molar-refractivity contribution in [3.63, 3.8) is 0 Å². The number of amides is 1. The first-order chi connectivity index (χ1) is 8.38. The van der Waals surface area contributed by atoms with Gasteiger partial charge in [-0.15, -0.1) is 0 Å². The number of hydrogen-bond acceptors (Lipinski definition) is 1. The number of carbonyl (C=O) groups excluding carboxylic acids is 1. The van der Waals surface area contributed by atoms with Gasteiger partial charge in [0.2, 0.25) is 6.41 Å². The minimum Gasteiger partial charge on any atom is -0.329 e. The lowest BCUT2D eigenvalue weighted by Crippen LogP contribution is -1.92. The van der Waals surface area contributed by atoms with Crippen LogP contribution in [-0.2, 0) is 4.79 Å². The molecule has 0 spiro atoms. The van der Waals surface area contributed by atoms with Gasteiger partial charge in [-0.3, -0.25) is 4.79 Å². The minimum atomic E-state index is 0.657. The molecular weight excluding hydrogens is 210 g/mol. The second-order valence-electron chi connectivity index (χ2n) is 3.46. The van der Waals surface area contributed by atoms with Gasteiger partial charge in [-0.2, -0.15) is 0 Å². The van der Waals surface area contributed by atoms with Gasteiger partial charge >= 0.3 is 0 Å². The van der Waals surface area contributed by atoms with E-state index in [0.717, 1.165) is 16.8 Å². The van der Waals surface area contributed by atoms with Crippen molar-refractivity contribution in [1.29, 1.82) is 0 Å². The van der Waals surface area contributed by atoms with Gasteiger partial charge in [0.1, 0.15) is 0 Å². The molecule has 0 aromatic heterocycles. The minimum absolute atomic E-state index is 0.657. The van der Waals surface area contributed by atoms with E-state index in [1.54, 1.807) is 0 Å². The molecule has 82 valence electrons. The summed E-state index contributed by atoms with van der Waals surface area (Å²) < 4.78 is 0. The van der Waals surface area contributed by atoms with Crippen LogP contribution in [0.4, 0.5) is 5.69 Å². The molecule has 0 bridgehead atoms. The van der Waals surface area contributed by atoms with Crippen LogP contribution in [0.3, 0.4) is 0 Å². The maximum Gasteiger partial charge on any atom is 0.211 e. The fraction of sp³-hybridized carbons (Fsp3) is 0. The molecule has 17 heavy (non-hydrogen) atoms. The van der Waals surface area contributed by atoms with Crippen LogP contribution >= 0.6 is 0 Å². The molecule has 0 fully saturated rings. The third kappa shape index (κ3) is 3.22. The summed E-state index contributed by atoms with van der Waals surface area (Å²) in [6, 6.07) is 17.2. The van der Waals surface area contributed by atoms with Crippen LogP contribution in [-0.4, -0.2) is 6.41 Å². The summed E-state index contributed by atoms with van der Waals surface area (Å²) in [5, 5.41) is 2.58. The number of nitrogens with one attached hydrogen (secondary N) is 1. The monoisotopic (exact) mass is 221 g/mol. The molecule has 0 unspecified atom stereocenters. The zero-order valence-electron chi connectivity index (χ0n) is 9.18. The van der Waals surface area contributed by atoms with Crippen molar-refractivity contribution < 1.29 is 4.79 Å². The summed E-state index contributed by atoms with van der Waals surface area (Å²) >= 11 is 0. The summed E-state index contributed by atoms with van der Waals surface area (Å²) in [6.07, 6.45) is 0.657. The zero-order valence-corrected chi connectivity index (χ0v) is 9.18. The van der Waals surface area contributed by atoms with Gasteiger partial charge in [-0.25, -0.2) is 0 Å². The van der Waals surface area contributed by atoms with E-state index in [-0.39, 0.29) is 0 Å². The highest BCUT2D eigenvalue weighted by atomic mass is 16.1. The fourth-order valence-electron chi connectivity index (χ4n) is 1.38. The summed E-state index contributed by atoms with van der Waals surface area (Å²) in [4.78, 5) is 10.2. The largest absolute Gasteiger partial charge is 0.329 e. The maximum absolute atomic E-state index is 10.2. The molecule has 0 aliphatic rings. The van der Waals surface area contributed by atoms with Crippen molar-refractivity contribution in [3.8, 4) is 11.8 Å². The van der Waals surface area contributed by atoms with Crippen LogP contribution in [0.25, 0.3) is 0 Å². The Labute approximate surface area is 100 Å². The number of carbonyl (C=O) groups is 1. The third-order valence-corrected chi connectivity index (χ3v) is 2.24. The molecular formula is C15H11NO. The molecule has 1 N–H and O–H groups in total. The fourth-order valence-corrected chi connectivity index (χ4v) is 1.38. The second-order valence-corrected chi connectivity index (χ2v) is 3.46. The second kappa shape index (κ2) is 5.53. The van der Waals surface area contributed by atoms with Crippen molar-refractivity contribution >= 4 is 12.1 Å². The standard InChI is InChI=1S/C15H11NO/c17-12-16-15-10-8-14(9-11-15)7-6-13-4-2-1-3-5-13/h1-5,8-12H,(H,16,17). The first-order valence-corrected chi connectivity index (χ1v) is 5.26. The molecule has 0 heterocycles. The SMILES string of the molecule is O=CNc1ccc(C#Cc2ccccc2)cc1. The Bertz CT molecular complexity index is 547. The summed E-state index contributed by atoms with van der Waals surface area (Å²) in [5.74, 6) is 6.14. The van der Waals surface area contributed by atoms with E-state index >= 15 is 0 Å². The Hall–Kier alpha value is -2.53. The maximum atomic E-state index is 10.2. The average Bonchev–Trinajstić information content (AvgIpc) is 2.40. The van der Waals surface area contributed by atoms with Gasteiger partial charge in [0, 0.05) is 16.8 Å². The third-order valence-electron chi connectivity index (χ3n) is 2.24. The highest BCUT2D eigenvalue weighted by molar-refractivity contribution is 5.71. The predicted molar refractivity (Wildman–Crippen MR) is 68.6 cm³/mol. The van der Waals surface area contributed by atoms with Gasteiger partial charge < -0.3 is 5.32 Å². The van der Waals surface area contributed by atoms with E-state index in [1.807, 2.05) is 54.6 Å². The highest BCUT2D eigenvalue weighted by Crippen LogP contribution is 2.07. The number of benzene rings is 2. The van der Waals surface area contributed by atoms with Gasteiger partial charge in [0.15, 0.2) is 0 Å². The Morgan fingerprint density at radius 2 is 1.41 bits per heavy atom. The lowest BCUT2D eigenvalue weighted by Gasteiger charge is -1.96. The van der Waals surface area contributed by atoms with Gasteiger partial charge in [0.05, 0.1) is 0 Å². The molecule has 0 radical (unpaired) electrons. The highest BCUT2D eigenvalue weighted by Gasteiger charge is 1.90. The molecule has 2 nitrogen and oxygen atoms in total. The first kappa shape index (κ1) is 11.0. The normalized spacial score (nSPS) is 8.94.